The van der Waals surface area contributed by atoms with Gasteiger partial charge in [-0.05, 0) is 18.7 Å². The second-order valence-electron chi connectivity index (χ2n) is 4.20. The third-order valence-corrected chi connectivity index (χ3v) is 5.03. The van der Waals surface area contributed by atoms with Crippen molar-refractivity contribution in [2.45, 2.75) is 30.4 Å². The Bertz CT molecular complexity index is 492. The van der Waals surface area contributed by atoms with Gasteiger partial charge in [0.15, 0.2) is 0 Å². The minimum Gasteiger partial charge on any atom is -0.384 e. The first-order chi connectivity index (χ1) is 9.01. The van der Waals surface area contributed by atoms with E-state index in [0.717, 1.165) is 13.0 Å². The summed E-state index contributed by atoms with van der Waals surface area (Å²) in [5.74, 6) is 0. The molecule has 5 nitrogen and oxygen atoms in total. The number of thioether (sulfide) groups is 1. The first-order valence-electron chi connectivity index (χ1n) is 6.21. The number of rotatable bonds is 8. The highest BCUT2D eigenvalue weighted by Gasteiger charge is 2.19. The van der Waals surface area contributed by atoms with Crippen molar-refractivity contribution in [2.24, 2.45) is 0 Å². The van der Waals surface area contributed by atoms with Crippen molar-refractivity contribution in [3.63, 3.8) is 0 Å². The van der Waals surface area contributed by atoms with Gasteiger partial charge in [-0.1, -0.05) is 13.8 Å². The maximum atomic E-state index is 12.2. The molecule has 1 aromatic heterocycles. The largest absolute Gasteiger partial charge is 0.384 e. The smallest absolute Gasteiger partial charge is 0.244 e. The number of sulfonamides is 1. The molecule has 0 spiro atoms. The van der Waals surface area contributed by atoms with Gasteiger partial charge in [-0.3, -0.25) is 4.98 Å². The molecule has 0 saturated carbocycles. The van der Waals surface area contributed by atoms with Crippen molar-refractivity contribution in [3.8, 4) is 0 Å². The predicted molar refractivity (Wildman–Crippen MR) is 81.2 cm³/mol. The topological polar surface area (TPSA) is 71.1 Å². The summed E-state index contributed by atoms with van der Waals surface area (Å²) in [6, 6.07) is 1.68. The number of anilines is 1. The van der Waals surface area contributed by atoms with Crippen LogP contribution in [0.3, 0.4) is 0 Å². The molecule has 0 aromatic carbocycles. The molecule has 7 heteroatoms. The fourth-order valence-electron chi connectivity index (χ4n) is 1.39. The van der Waals surface area contributed by atoms with Gasteiger partial charge in [0, 0.05) is 30.7 Å². The number of nitrogens with one attached hydrogen (secondary N) is 2. The van der Waals surface area contributed by atoms with Crippen molar-refractivity contribution >= 4 is 27.5 Å². The standard InChI is InChI=1S/C12H21N3O2S2/c1-4-6-14-11-5-7-13-9-12(11)19(16,17)15-8-10(2)18-3/h5,7,9-10,15H,4,6,8H2,1-3H3,(H,13,14). The molecular weight excluding hydrogens is 282 g/mol. The van der Waals surface area contributed by atoms with Gasteiger partial charge < -0.3 is 5.32 Å². The first-order valence-corrected chi connectivity index (χ1v) is 8.98. The van der Waals surface area contributed by atoms with Gasteiger partial charge in [0.25, 0.3) is 0 Å². The molecule has 0 saturated heterocycles. The minimum absolute atomic E-state index is 0.205. The van der Waals surface area contributed by atoms with Gasteiger partial charge in [-0.15, -0.1) is 0 Å². The molecule has 0 aliphatic heterocycles. The van der Waals surface area contributed by atoms with Gasteiger partial charge in [-0.25, -0.2) is 13.1 Å². The van der Waals surface area contributed by atoms with Gasteiger partial charge in [0.05, 0.1) is 5.69 Å². The van der Waals surface area contributed by atoms with Gasteiger partial charge in [0.2, 0.25) is 10.0 Å². The van der Waals surface area contributed by atoms with E-state index >= 15 is 0 Å². The number of aromatic nitrogens is 1. The molecule has 0 fully saturated rings. The van der Waals surface area contributed by atoms with E-state index in [1.54, 1.807) is 24.0 Å². The molecular formula is C12H21N3O2S2. The highest BCUT2D eigenvalue weighted by Crippen LogP contribution is 2.19. The van der Waals surface area contributed by atoms with Crippen LogP contribution in [-0.2, 0) is 10.0 Å². The van der Waals surface area contributed by atoms with Crippen molar-refractivity contribution < 1.29 is 8.42 Å². The van der Waals surface area contributed by atoms with Crippen LogP contribution in [-0.4, -0.2) is 38.0 Å². The molecule has 1 aromatic rings. The van der Waals surface area contributed by atoms with Gasteiger partial charge in [0.1, 0.15) is 4.90 Å². The van der Waals surface area contributed by atoms with E-state index in [2.05, 4.69) is 15.0 Å². The highest BCUT2D eigenvalue weighted by molar-refractivity contribution is 7.99. The molecule has 1 unspecified atom stereocenters. The van der Waals surface area contributed by atoms with Crippen LogP contribution in [0.15, 0.2) is 23.4 Å². The molecule has 0 amide bonds. The summed E-state index contributed by atoms with van der Waals surface area (Å²) in [6.45, 7) is 5.15. The summed E-state index contributed by atoms with van der Waals surface area (Å²) < 4.78 is 27.1. The Morgan fingerprint density at radius 2 is 2.21 bits per heavy atom. The second kappa shape index (κ2) is 7.72. The molecule has 0 bridgehead atoms. The van der Waals surface area contributed by atoms with Crippen LogP contribution in [0.2, 0.25) is 0 Å². The number of hydrogen-bond donors (Lipinski definition) is 2. The number of pyridine rings is 1. The van der Waals surface area contributed by atoms with Gasteiger partial charge >= 0.3 is 0 Å². The second-order valence-corrected chi connectivity index (χ2v) is 7.21. The Morgan fingerprint density at radius 3 is 2.84 bits per heavy atom. The van der Waals surface area contributed by atoms with Crippen LogP contribution in [0.5, 0.6) is 0 Å². The summed E-state index contributed by atoms with van der Waals surface area (Å²) in [6.07, 6.45) is 5.85. The fourth-order valence-corrected chi connectivity index (χ4v) is 3.00. The maximum absolute atomic E-state index is 12.2. The molecule has 19 heavy (non-hydrogen) atoms. The van der Waals surface area contributed by atoms with Crippen molar-refractivity contribution in [1.82, 2.24) is 9.71 Å². The van der Waals surface area contributed by atoms with E-state index in [1.165, 1.54) is 6.20 Å². The van der Waals surface area contributed by atoms with Crippen LogP contribution < -0.4 is 10.0 Å². The Labute approximate surface area is 119 Å². The molecule has 0 radical (unpaired) electrons. The van der Waals surface area contributed by atoms with Crippen LogP contribution >= 0.6 is 11.8 Å². The SMILES string of the molecule is CCCNc1ccncc1S(=O)(=O)NCC(C)SC. The predicted octanol–water partition coefficient (Wildman–Crippen LogP) is 1.93. The third kappa shape index (κ3) is 5.00. The molecule has 108 valence electrons. The van der Waals surface area contributed by atoms with Crippen molar-refractivity contribution in [1.29, 1.82) is 0 Å². The van der Waals surface area contributed by atoms with E-state index in [-0.39, 0.29) is 10.1 Å². The van der Waals surface area contributed by atoms with Crippen LogP contribution in [0.1, 0.15) is 20.3 Å². The quantitative estimate of drug-likeness (QED) is 0.768. The normalized spacial score (nSPS) is 13.2. The van der Waals surface area contributed by atoms with E-state index in [1.807, 2.05) is 20.1 Å². The average Bonchev–Trinajstić information content (AvgIpc) is 2.42. The maximum Gasteiger partial charge on any atom is 0.244 e. The third-order valence-electron chi connectivity index (χ3n) is 2.60. The lowest BCUT2D eigenvalue weighted by Gasteiger charge is -2.14. The van der Waals surface area contributed by atoms with Crippen molar-refractivity contribution in [3.05, 3.63) is 18.5 Å². The molecule has 0 aliphatic carbocycles. The van der Waals surface area contributed by atoms with E-state index in [0.29, 0.717) is 12.2 Å². The Morgan fingerprint density at radius 1 is 1.47 bits per heavy atom. The number of hydrogen-bond acceptors (Lipinski definition) is 5. The lowest BCUT2D eigenvalue weighted by atomic mass is 10.4. The van der Waals surface area contributed by atoms with Crippen LogP contribution in [0.25, 0.3) is 0 Å². The fraction of sp³-hybridized carbons (Fsp3) is 0.583. The summed E-state index contributed by atoms with van der Waals surface area (Å²) >= 11 is 1.62. The molecule has 2 N–H and O–H groups in total. The molecule has 1 atom stereocenters. The summed E-state index contributed by atoms with van der Waals surface area (Å²) in [4.78, 5) is 4.11. The number of nitrogens with zero attached hydrogens (tertiary/aromatic N) is 1. The lowest BCUT2D eigenvalue weighted by Crippen LogP contribution is -2.30. The summed E-state index contributed by atoms with van der Waals surface area (Å²) in [5, 5.41) is 3.34. The lowest BCUT2D eigenvalue weighted by molar-refractivity contribution is 0.581. The van der Waals surface area contributed by atoms with Gasteiger partial charge in [-0.2, -0.15) is 11.8 Å². The van der Waals surface area contributed by atoms with E-state index < -0.39 is 10.0 Å². The molecule has 1 heterocycles. The highest BCUT2D eigenvalue weighted by atomic mass is 32.2. The Balaban J connectivity index is 2.88. The van der Waals surface area contributed by atoms with E-state index in [9.17, 15) is 8.42 Å². The zero-order valence-electron chi connectivity index (χ0n) is 11.5. The van der Waals surface area contributed by atoms with Crippen molar-refractivity contribution in [2.75, 3.05) is 24.7 Å². The molecule has 0 aliphatic rings. The Kier molecular flexibility index (Phi) is 6.60. The first kappa shape index (κ1) is 16.3. The zero-order valence-corrected chi connectivity index (χ0v) is 13.1. The minimum atomic E-state index is -3.51. The summed E-state index contributed by atoms with van der Waals surface area (Å²) in [5.41, 5.74) is 0.598. The monoisotopic (exact) mass is 303 g/mol. The Hall–Kier alpha value is -0.790. The zero-order chi connectivity index (χ0) is 14.3. The van der Waals surface area contributed by atoms with Crippen LogP contribution in [0.4, 0.5) is 5.69 Å². The molecule has 1 rings (SSSR count). The summed E-state index contributed by atoms with van der Waals surface area (Å²) in [7, 11) is -3.51. The average molecular weight is 303 g/mol. The van der Waals surface area contributed by atoms with Crippen LogP contribution in [0, 0.1) is 0 Å². The van der Waals surface area contributed by atoms with E-state index in [4.69, 9.17) is 0 Å².